The lowest BCUT2D eigenvalue weighted by atomic mass is 10.2. The largest absolute Gasteiger partial charge is 0.494 e. The van der Waals surface area contributed by atoms with Gasteiger partial charge in [0.15, 0.2) is 5.16 Å². The van der Waals surface area contributed by atoms with Crippen LogP contribution in [0.3, 0.4) is 0 Å². The van der Waals surface area contributed by atoms with Gasteiger partial charge in [0.2, 0.25) is 0 Å². The number of rotatable bonds is 5. The summed E-state index contributed by atoms with van der Waals surface area (Å²) in [5.41, 5.74) is 1.89. The van der Waals surface area contributed by atoms with Crippen molar-refractivity contribution in [3.8, 4) is 5.75 Å². The van der Waals surface area contributed by atoms with E-state index in [-0.39, 0.29) is 5.56 Å². The summed E-state index contributed by atoms with van der Waals surface area (Å²) in [5, 5.41) is 2.62. The Kier molecular flexibility index (Phi) is 4.49. The average molecular weight is 332 g/mol. The van der Waals surface area contributed by atoms with Crippen LogP contribution in [-0.2, 0) is 12.8 Å². The zero-order valence-electron chi connectivity index (χ0n) is 12.4. The molecule has 2 aromatic heterocycles. The molecule has 0 saturated heterocycles. The van der Waals surface area contributed by atoms with Crippen molar-refractivity contribution >= 4 is 33.3 Å². The Morgan fingerprint density at radius 1 is 1.32 bits per heavy atom. The lowest BCUT2D eigenvalue weighted by Crippen LogP contribution is -2.18. The van der Waals surface area contributed by atoms with Gasteiger partial charge in [0.25, 0.3) is 5.56 Å². The number of hydrogen-bond donors (Lipinski definition) is 0. The van der Waals surface area contributed by atoms with E-state index >= 15 is 0 Å². The van der Waals surface area contributed by atoms with E-state index in [0.717, 1.165) is 22.0 Å². The van der Waals surface area contributed by atoms with Crippen molar-refractivity contribution in [2.75, 3.05) is 6.61 Å². The summed E-state index contributed by atoms with van der Waals surface area (Å²) in [7, 11) is 1.77. The smallest absolute Gasteiger partial charge is 0.271 e. The Labute approximate surface area is 136 Å². The van der Waals surface area contributed by atoms with E-state index in [2.05, 4.69) is 4.98 Å². The maximum Gasteiger partial charge on any atom is 0.271 e. The second-order valence-electron chi connectivity index (χ2n) is 4.72. The number of benzene rings is 1. The van der Waals surface area contributed by atoms with E-state index in [4.69, 9.17) is 4.74 Å². The number of ether oxygens (including phenoxy) is 1. The fraction of sp³-hybridized carbons (Fsp3) is 0.250. The van der Waals surface area contributed by atoms with E-state index < -0.39 is 0 Å². The van der Waals surface area contributed by atoms with Crippen molar-refractivity contribution in [3.05, 3.63) is 51.6 Å². The van der Waals surface area contributed by atoms with Gasteiger partial charge in [0, 0.05) is 18.4 Å². The van der Waals surface area contributed by atoms with Crippen LogP contribution in [0.5, 0.6) is 5.75 Å². The van der Waals surface area contributed by atoms with Crippen LogP contribution in [0.1, 0.15) is 12.5 Å². The SMILES string of the molecule is CCOc1ccccc1CSc1nc2ccsc2c(=O)n1C. The third-order valence-corrected chi connectivity index (χ3v) is 5.25. The molecular weight excluding hydrogens is 316 g/mol. The number of thioether (sulfide) groups is 1. The summed E-state index contributed by atoms with van der Waals surface area (Å²) >= 11 is 2.98. The molecule has 0 unspecified atom stereocenters. The van der Waals surface area contributed by atoms with Gasteiger partial charge in [-0.1, -0.05) is 30.0 Å². The van der Waals surface area contributed by atoms with Crippen molar-refractivity contribution in [1.29, 1.82) is 0 Å². The van der Waals surface area contributed by atoms with E-state index in [1.807, 2.05) is 42.6 Å². The number of fused-ring (bicyclic) bond motifs is 1. The van der Waals surface area contributed by atoms with Crippen LogP contribution in [0, 0.1) is 0 Å². The van der Waals surface area contributed by atoms with E-state index in [9.17, 15) is 4.79 Å². The maximum absolute atomic E-state index is 12.3. The predicted molar refractivity (Wildman–Crippen MR) is 92.0 cm³/mol. The minimum Gasteiger partial charge on any atom is -0.494 e. The lowest BCUT2D eigenvalue weighted by Gasteiger charge is -2.10. The Morgan fingerprint density at radius 2 is 2.14 bits per heavy atom. The number of nitrogens with zero attached hydrogens (tertiary/aromatic N) is 2. The molecule has 3 aromatic rings. The molecule has 0 aliphatic rings. The summed E-state index contributed by atoms with van der Waals surface area (Å²) in [6.45, 7) is 2.61. The second kappa shape index (κ2) is 6.54. The molecular formula is C16H16N2O2S2. The van der Waals surface area contributed by atoms with Crippen LogP contribution in [0.2, 0.25) is 0 Å². The summed E-state index contributed by atoms with van der Waals surface area (Å²) in [4.78, 5) is 16.9. The molecule has 2 heterocycles. The van der Waals surface area contributed by atoms with Crippen molar-refractivity contribution in [2.45, 2.75) is 17.8 Å². The molecule has 0 N–H and O–H groups in total. The Balaban J connectivity index is 1.88. The molecule has 1 aromatic carbocycles. The first-order chi connectivity index (χ1) is 10.7. The maximum atomic E-state index is 12.3. The van der Waals surface area contributed by atoms with Gasteiger partial charge in [0.1, 0.15) is 10.4 Å². The molecule has 0 fully saturated rings. The van der Waals surface area contributed by atoms with Gasteiger partial charge in [-0.3, -0.25) is 9.36 Å². The molecule has 3 rings (SSSR count). The fourth-order valence-corrected chi connectivity index (χ4v) is 3.93. The molecule has 4 nitrogen and oxygen atoms in total. The fourth-order valence-electron chi connectivity index (χ4n) is 2.16. The van der Waals surface area contributed by atoms with Crippen LogP contribution in [0.25, 0.3) is 10.2 Å². The molecule has 0 aliphatic carbocycles. The van der Waals surface area contributed by atoms with Crippen LogP contribution < -0.4 is 10.3 Å². The lowest BCUT2D eigenvalue weighted by molar-refractivity contribution is 0.337. The van der Waals surface area contributed by atoms with Gasteiger partial charge in [-0.2, -0.15) is 0 Å². The minimum absolute atomic E-state index is 0.0144. The van der Waals surface area contributed by atoms with Gasteiger partial charge in [-0.15, -0.1) is 11.3 Å². The predicted octanol–water partition coefficient (Wildman–Crippen LogP) is 3.69. The number of para-hydroxylation sites is 1. The summed E-state index contributed by atoms with van der Waals surface area (Å²) < 4.78 is 7.96. The first-order valence-electron chi connectivity index (χ1n) is 6.98. The van der Waals surface area contributed by atoms with Gasteiger partial charge in [0.05, 0.1) is 12.1 Å². The molecule has 0 saturated carbocycles. The first-order valence-corrected chi connectivity index (χ1v) is 8.85. The Morgan fingerprint density at radius 3 is 2.95 bits per heavy atom. The van der Waals surface area contributed by atoms with Crippen LogP contribution in [0.4, 0.5) is 0 Å². The molecule has 0 spiro atoms. The summed E-state index contributed by atoms with van der Waals surface area (Å²) in [6.07, 6.45) is 0. The summed E-state index contributed by atoms with van der Waals surface area (Å²) in [6, 6.07) is 9.85. The average Bonchev–Trinajstić information content (AvgIpc) is 2.99. The molecule has 0 aliphatic heterocycles. The van der Waals surface area contributed by atoms with Crippen LogP contribution >= 0.6 is 23.1 Å². The zero-order chi connectivity index (χ0) is 15.5. The number of thiophene rings is 1. The number of aromatic nitrogens is 2. The van der Waals surface area contributed by atoms with Crippen molar-refractivity contribution in [1.82, 2.24) is 9.55 Å². The molecule has 22 heavy (non-hydrogen) atoms. The van der Waals surface area contributed by atoms with Crippen LogP contribution in [0.15, 0.2) is 45.7 Å². The minimum atomic E-state index is 0.0144. The highest BCUT2D eigenvalue weighted by atomic mass is 32.2. The Bertz CT molecular complexity index is 855. The van der Waals surface area contributed by atoms with E-state index in [1.165, 1.54) is 11.3 Å². The van der Waals surface area contributed by atoms with Crippen molar-refractivity contribution in [2.24, 2.45) is 7.05 Å². The van der Waals surface area contributed by atoms with Gasteiger partial charge >= 0.3 is 0 Å². The van der Waals surface area contributed by atoms with Crippen molar-refractivity contribution in [3.63, 3.8) is 0 Å². The zero-order valence-corrected chi connectivity index (χ0v) is 14.0. The first kappa shape index (κ1) is 15.1. The van der Waals surface area contributed by atoms with E-state index in [1.54, 1.807) is 23.4 Å². The monoisotopic (exact) mass is 332 g/mol. The molecule has 0 amide bonds. The molecule has 0 atom stereocenters. The topological polar surface area (TPSA) is 44.1 Å². The third-order valence-electron chi connectivity index (χ3n) is 3.28. The van der Waals surface area contributed by atoms with Gasteiger partial charge in [-0.25, -0.2) is 4.98 Å². The van der Waals surface area contributed by atoms with Crippen LogP contribution in [-0.4, -0.2) is 16.2 Å². The molecule has 0 bridgehead atoms. The van der Waals surface area contributed by atoms with Crippen molar-refractivity contribution < 1.29 is 4.74 Å². The second-order valence-corrected chi connectivity index (χ2v) is 6.58. The van der Waals surface area contributed by atoms with Gasteiger partial charge in [-0.05, 0) is 24.4 Å². The van der Waals surface area contributed by atoms with E-state index in [0.29, 0.717) is 17.1 Å². The van der Waals surface area contributed by atoms with Gasteiger partial charge < -0.3 is 4.74 Å². The number of hydrogen-bond acceptors (Lipinski definition) is 5. The normalized spacial score (nSPS) is 11.0. The standard InChI is InChI=1S/C16H16N2O2S2/c1-3-20-13-7-5-4-6-11(13)10-22-16-17-12-8-9-21-14(12)15(19)18(16)2/h4-9H,3,10H2,1-2H3. The summed E-state index contributed by atoms with van der Waals surface area (Å²) in [5.74, 6) is 1.60. The highest BCUT2D eigenvalue weighted by Crippen LogP contribution is 2.27. The highest BCUT2D eigenvalue weighted by Gasteiger charge is 2.11. The Hall–Kier alpha value is -1.79. The quantitative estimate of drug-likeness (QED) is 0.528. The third kappa shape index (κ3) is 2.89. The molecule has 114 valence electrons. The molecule has 0 radical (unpaired) electrons. The molecule has 6 heteroatoms. The highest BCUT2D eigenvalue weighted by molar-refractivity contribution is 7.98.